The van der Waals surface area contributed by atoms with Crippen LogP contribution in [0, 0.1) is 13.8 Å². The van der Waals surface area contributed by atoms with Crippen LogP contribution in [0.2, 0.25) is 51.4 Å². The lowest BCUT2D eigenvalue weighted by Crippen LogP contribution is -2.35. The van der Waals surface area contributed by atoms with E-state index in [1.807, 2.05) is 62.4 Å². The molecular formula is C39H59NO8S2Si2. The zero-order valence-electron chi connectivity index (χ0n) is 32.5. The summed E-state index contributed by atoms with van der Waals surface area (Å²) in [5.74, 6) is 1.50. The van der Waals surface area contributed by atoms with Gasteiger partial charge in [-0.05, 0) is 102 Å². The van der Waals surface area contributed by atoms with Crippen LogP contribution in [-0.4, -0.2) is 82.6 Å². The number of nitrogens with zero attached hydrogens (tertiary/aromatic N) is 1. The summed E-state index contributed by atoms with van der Waals surface area (Å²) in [6, 6.07) is 21.4. The lowest BCUT2D eigenvalue weighted by Gasteiger charge is -2.23. The molecule has 9 nitrogen and oxygen atoms in total. The molecule has 0 amide bonds. The smallest absolute Gasteiger partial charge is 0.240 e. The van der Waals surface area contributed by atoms with Gasteiger partial charge in [-0.1, -0.05) is 69.6 Å². The van der Waals surface area contributed by atoms with Crippen molar-refractivity contribution in [3.63, 3.8) is 0 Å². The number of hydrogen-bond donors (Lipinski definition) is 0. The summed E-state index contributed by atoms with van der Waals surface area (Å²) in [6.07, 6.45) is 3.26. The van der Waals surface area contributed by atoms with Crippen molar-refractivity contribution in [2.24, 2.45) is 0 Å². The van der Waals surface area contributed by atoms with Crippen molar-refractivity contribution >= 4 is 42.1 Å². The van der Waals surface area contributed by atoms with Crippen molar-refractivity contribution in [3.05, 3.63) is 88.3 Å². The quantitative estimate of drug-likeness (QED) is 0.0566. The number of sulfone groups is 1. The molecule has 0 aliphatic carbocycles. The van der Waals surface area contributed by atoms with Gasteiger partial charge in [0, 0.05) is 41.0 Å². The first-order chi connectivity index (χ1) is 24.2. The van der Waals surface area contributed by atoms with Gasteiger partial charge in [0.2, 0.25) is 10.0 Å². The van der Waals surface area contributed by atoms with Gasteiger partial charge in [0.25, 0.3) is 0 Å². The van der Waals surface area contributed by atoms with Crippen LogP contribution >= 0.6 is 0 Å². The summed E-state index contributed by atoms with van der Waals surface area (Å²) in [4.78, 5) is 0. The summed E-state index contributed by atoms with van der Waals surface area (Å²) in [7, 11) is -9.41. The second kappa shape index (κ2) is 19.5. The van der Waals surface area contributed by atoms with Gasteiger partial charge in [-0.3, -0.25) is 0 Å². The van der Waals surface area contributed by atoms with Crippen LogP contribution in [0.3, 0.4) is 0 Å². The average molecular weight is 790 g/mol. The SMILES string of the molecule is Cc1cc(OCCCS(C)(=O)=O)cc(C)c1-c1cccc(COc2ccc(/C=C/S(=O)(=O)N(COCC[Si](C)(C)C)COCC[Si](C)(C)C)cc2)c1. The van der Waals surface area contributed by atoms with Gasteiger partial charge in [-0.2, -0.15) is 0 Å². The molecule has 0 spiro atoms. The molecule has 0 heterocycles. The maximum absolute atomic E-state index is 13.3. The van der Waals surface area contributed by atoms with Crippen molar-refractivity contribution in [3.8, 4) is 22.6 Å². The van der Waals surface area contributed by atoms with E-state index in [4.69, 9.17) is 18.9 Å². The predicted octanol–water partition coefficient (Wildman–Crippen LogP) is 8.59. The summed E-state index contributed by atoms with van der Waals surface area (Å²) in [5.41, 5.74) is 6.05. The van der Waals surface area contributed by atoms with Gasteiger partial charge in [0.05, 0.1) is 12.4 Å². The van der Waals surface area contributed by atoms with Crippen LogP contribution in [0.1, 0.15) is 28.7 Å². The molecular weight excluding hydrogens is 731 g/mol. The molecule has 3 aromatic carbocycles. The van der Waals surface area contributed by atoms with E-state index in [2.05, 4.69) is 51.4 Å². The van der Waals surface area contributed by atoms with Gasteiger partial charge in [0.1, 0.15) is 41.4 Å². The summed E-state index contributed by atoms with van der Waals surface area (Å²) < 4.78 is 74.3. The van der Waals surface area contributed by atoms with Crippen molar-refractivity contribution < 1.29 is 35.8 Å². The van der Waals surface area contributed by atoms with Crippen LogP contribution in [0.5, 0.6) is 11.5 Å². The Balaban J connectivity index is 1.61. The van der Waals surface area contributed by atoms with Gasteiger partial charge in [-0.15, -0.1) is 4.31 Å². The number of aryl methyl sites for hydroxylation is 2. The maximum atomic E-state index is 13.3. The standard InChI is InChI=1S/C39H59NO8S2Si2/c1-32-26-38(47-19-11-22-49(3,41)42)27-33(2)39(32)36-13-10-12-35(28-36)29-48-37-16-14-34(15-17-37)18-23-50(43,44)40(30-45-20-24-51(4,5)6)31-46-21-25-52(7,8)9/h10,12-18,23,26-28H,11,19-22,24-25,29-31H2,1-9H3/b23-18+. The van der Waals surface area contributed by atoms with E-state index in [0.29, 0.717) is 38.6 Å². The number of benzene rings is 3. The minimum absolute atomic E-state index is 0.0497. The van der Waals surface area contributed by atoms with Gasteiger partial charge in [-0.25, -0.2) is 16.8 Å². The van der Waals surface area contributed by atoms with E-state index in [1.54, 1.807) is 6.08 Å². The average Bonchev–Trinajstić information content (AvgIpc) is 3.03. The molecule has 0 N–H and O–H groups in total. The van der Waals surface area contributed by atoms with Crippen molar-refractivity contribution in [1.29, 1.82) is 0 Å². The first kappa shape index (κ1) is 43.6. The monoisotopic (exact) mass is 789 g/mol. The Morgan fingerprint density at radius 2 is 1.29 bits per heavy atom. The second-order valence-corrected chi connectivity index (χ2v) is 31.1. The summed E-state index contributed by atoms with van der Waals surface area (Å²) >= 11 is 0. The molecule has 3 rings (SSSR count). The van der Waals surface area contributed by atoms with E-state index < -0.39 is 36.0 Å². The fourth-order valence-corrected chi connectivity index (χ4v) is 8.26. The third-order valence-corrected chi connectivity index (χ3v) is 14.0. The molecule has 0 unspecified atom stereocenters. The lowest BCUT2D eigenvalue weighted by atomic mass is 9.94. The van der Waals surface area contributed by atoms with Crippen molar-refractivity contribution in [2.45, 2.75) is 78.2 Å². The summed E-state index contributed by atoms with van der Waals surface area (Å²) in [6.45, 7) is 19.3. The summed E-state index contributed by atoms with van der Waals surface area (Å²) in [5, 5.41) is 1.21. The molecule has 0 radical (unpaired) electrons. The molecule has 0 saturated heterocycles. The Hall–Kier alpha value is -2.79. The van der Waals surface area contributed by atoms with E-state index in [-0.39, 0.29) is 19.2 Å². The van der Waals surface area contributed by atoms with E-state index in [9.17, 15) is 16.8 Å². The Bertz CT molecular complexity index is 1790. The third kappa shape index (κ3) is 16.5. The Labute approximate surface area is 315 Å². The van der Waals surface area contributed by atoms with Crippen LogP contribution in [0.25, 0.3) is 17.2 Å². The zero-order valence-corrected chi connectivity index (χ0v) is 36.2. The van der Waals surface area contributed by atoms with E-state index in [0.717, 1.165) is 51.2 Å². The molecule has 0 fully saturated rings. The Morgan fingerprint density at radius 3 is 1.83 bits per heavy atom. The number of sulfonamides is 1. The minimum Gasteiger partial charge on any atom is -0.494 e. The first-order valence-electron chi connectivity index (χ1n) is 17.8. The van der Waals surface area contributed by atoms with Gasteiger partial charge < -0.3 is 18.9 Å². The van der Waals surface area contributed by atoms with Crippen LogP contribution in [0.15, 0.2) is 66.1 Å². The van der Waals surface area contributed by atoms with E-state index >= 15 is 0 Å². The first-order valence-corrected chi connectivity index (χ1v) is 28.8. The fraction of sp³-hybridized carbons (Fsp3) is 0.487. The zero-order chi connectivity index (χ0) is 38.6. The molecule has 52 heavy (non-hydrogen) atoms. The third-order valence-electron chi connectivity index (χ3n) is 8.19. The maximum Gasteiger partial charge on any atom is 0.240 e. The van der Waals surface area contributed by atoms with Crippen molar-refractivity contribution in [2.75, 3.05) is 45.3 Å². The minimum atomic E-state index is -3.79. The van der Waals surface area contributed by atoms with Gasteiger partial charge in [0.15, 0.2) is 0 Å². The highest BCUT2D eigenvalue weighted by molar-refractivity contribution is 7.92. The number of ether oxygens (including phenoxy) is 4. The largest absolute Gasteiger partial charge is 0.494 e. The second-order valence-electron chi connectivity index (χ2n) is 15.8. The highest BCUT2D eigenvalue weighted by atomic mass is 32.2. The molecule has 0 aromatic heterocycles. The molecule has 0 bridgehead atoms. The molecule has 3 aromatic rings. The lowest BCUT2D eigenvalue weighted by molar-refractivity contribution is 0.00888. The Morgan fingerprint density at radius 1 is 0.712 bits per heavy atom. The van der Waals surface area contributed by atoms with Crippen LogP contribution < -0.4 is 9.47 Å². The number of hydrogen-bond acceptors (Lipinski definition) is 8. The van der Waals surface area contributed by atoms with Crippen molar-refractivity contribution in [1.82, 2.24) is 4.31 Å². The fourth-order valence-electron chi connectivity index (χ4n) is 5.16. The molecule has 0 saturated carbocycles. The van der Waals surface area contributed by atoms with Gasteiger partial charge >= 0.3 is 0 Å². The van der Waals surface area contributed by atoms with Crippen LogP contribution in [-0.2, 0) is 35.9 Å². The normalized spacial score (nSPS) is 12.9. The molecule has 0 aliphatic heterocycles. The highest BCUT2D eigenvalue weighted by Gasteiger charge is 2.22. The number of rotatable bonds is 22. The topological polar surface area (TPSA) is 108 Å². The van der Waals surface area contributed by atoms with Crippen LogP contribution in [0.4, 0.5) is 0 Å². The predicted molar refractivity (Wildman–Crippen MR) is 220 cm³/mol. The Kier molecular flexibility index (Phi) is 16.4. The molecule has 0 atom stereocenters. The highest BCUT2D eigenvalue weighted by Crippen LogP contribution is 2.32. The molecule has 0 aliphatic rings. The van der Waals surface area contributed by atoms with E-state index in [1.165, 1.54) is 16.0 Å². The molecule has 13 heteroatoms. The molecule has 288 valence electrons.